The first kappa shape index (κ1) is 37.8. The van der Waals surface area contributed by atoms with Gasteiger partial charge >= 0.3 is 0 Å². The third kappa shape index (κ3) is 5.10. The number of furan rings is 1. The Bertz CT molecular complexity index is 2940. The maximum Gasteiger partial charge on any atom is 0.145 e. The van der Waals surface area contributed by atoms with Crippen molar-refractivity contribution >= 4 is 256 Å². The first-order valence-corrected chi connectivity index (χ1v) is 20.1. The molecule has 1 nitrogen and oxygen atoms in total. The van der Waals surface area contributed by atoms with Crippen molar-refractivity contribution in [1.82, 2.24) is 0 Å². The molecule has 0 N–H and O–H groups in total. The van der Waals surface area contributed by atoms with Crippen LogP contribution in [0.25, 0.3) is 76.9 Å². The van der Waals surface area contributed by atoms with Crippen molar-refractivity contribution in [2.45, 2.75) is 0 Å². The van der Waals surface area contributed by atoms with Gasteiger partial charge < -0.3 is 4.42 Å². The predicted molar refractivity (Wildman–Crippen MR) is 296 cm³/mol. The Labute approximate surface area is 341 Å². The highest BCUT2D eigenvalue weighted by atomic mass is 16.3. The Morgan fingerprint density at radius 3 is 0.891 bits per heavy atom. The van der Waals surface area contributed by atoms with E-state index in [-0.39, 0.29) is 0 Å². The van der Waals surface area contributed by atoms with Crippen LogP contribution in [0.15, 0.2) is 52.9 Å². The van der Waals surface area contributed by atoms with E-state index >= 15 is 0 Å². The van der Waals surface area contributed by atoms with Crippen molar-refractivity contribution in [2.24, 2.45) is 0 Å². The summed E-state index contributed by atoms with van der Waals surface area (Å²) in [7, 11) is 36.8. The quantitative estimate of drug-likeness (QED) is 0.133. The molecule has 0 saturated carbocycles. The highest BCUT2D eigenvalue weighted by Crippen LogP contribution is 2.42. The molecule has 0 aliphatic rings. The van der Waals surface area contributed by atoms with Crippen molar-refractivity contribution in [2.75, 3.05) is 0 Å². The molecule has 0 aliphatic heterocycles. The van der Waals surface area contributed by atoms with Crippen LogP contribution in [0, 0.1) is 0 Å². The number of rotatable bonds is 3. The van der Waals surface area contributed by atoms with Crippen molar-refractivity contribution in [3.05, 3.63) is 48.5 Å². The lowest BCUT2D eigenvalue weighted by Gasteiger charge is -2.26. The van der Waals surface area contributed by atoms with Crippen molar-refractivity contribution in [1.29, 1.82) is 0 Å². The van der Waals surface area contributed by atoms with E-state index < -0.39 is 0 Å². The second kappa shape index (κ2) is 13.2. The van der Waals surface area contributed by atoms with E-state index in [1.54, 1.807) is 0 Å². The molecule has 1 heterocycles. The highest BCUT2D eigenvalue weighted by molar-refractivity contribution is 6.72. The molecule has 0 radical (unpaired) electrons. The van der Waals surface area contributed by atoms with Crippen molar-refractivity contribution < 1.29 is 4.42 Å². The van der Waals surface area contributed by atoms with Crippen LogP contribution in [0.5, 0.6) is 0 Å². The van der Waals surface area contributed by atoms with Crippen LogP contribution in [0.1, 0.15) is 0 Å². The van der Waals surface area contributed by atoms with Crippen LogP contribution in [-0.4, -0.2) is 126 Å². The monoisotopic (exact) mass is 688 g/mol. The second-order valence-electron chi connectivity index (χ2n) is 16.9. The van der Waals surface area contributed by atoms with Crippen molar-refractivity contribution in [3.63, 3.8) is 0 Å². The summed E-state index contributed by atoms with van der Waals surface area (Å²) in [5.41, 5.74) is 31.6. The van der Waals surface area contributed by atoms with Gasteiger partial charge in [-0.05, 0) is 60.4 Å². The maximum absolute atomic E-state index is 7.14. The summed E-state index contributed by atoms with van der Waals surface area (Å²) in [5.74, 6) is 0. The molecule has 17 heteroatoms. The number of fused-ring (bicyclic) bond motifs is 5. The molecule has 0 spiro atoms. The molecule has 246 valence electrons. The van der Waals surface area contributed by atoms with E-state index in [1.807, 2.05) is 0 Å². The third-order valence-electron chi connectivity index (χ3n) is 14.6. The van der Waals surface area contributed by atoms with E-state index in [1.165, 1.54) is 153 Å². The number of benzene rings is 7. The zero-order chi connectivity index (χ0) is 39.7. The van der Waals surface area contributed by atoms with E-state index in [2.05, 4.69) is 174 Å². The minimum Gasteiger partial charge on any atom is -0.457 e. The fourth-order valence-electron chi connectivity index (χ4n) is 10.4. The summed E-state index contributed by atoms with van der Waals surface area (Å²) in [6, 6.07) is 18.3. The van der Waals surface area contributed by atoms with Crippen LogP contribution >= 0.6 is 0 Å². The lowest BCUT2D eigenvalue weighted by atomic mass is 9.57. The lowest BCUT2D eigenvalue weighted by molar-refractivity contribution is 0.675. The highest BCUT2D eigenvalue weighted by Gasteiger charge is 2.28. The molecule has 0 atom stereocenters. The summed E-state index contributed by atoms with van der Waals surface area (Å²) in [6.07, 6.45) is 0. The van der Waals surface area contributed by atoms with Gasteiger partial charge in [0.05, 0.1) is 0 Å². The molecular weight excluding hydrogens is 645 g/mol. The molecular formula is C38H40B16O. The van der Waals surface area contributed by atoms with E-state index in [0.29, 0.717) is 0 Å². The summed E-state index contributed by atoms with van der Waals surface area (Å²) < 4.78 is 7.14. The van der Waals surface area contributed by atoms with Crippen LogP contribution in [0.2, 0.25) is 0 Å². The minimum atomic E-state index is 1.02. The normalized spacial score (nSPS) is 11.7. The third-order valence-corrected chi connectivity index (χ3v) is 14.6. The van der Waals surface area contributed by atoms with Crippen LogP contribution in [0.4, 0.5) is 0 Å². The van der Waals surface area contributed by atoms with Gasteiger partial charge in [0.15, 0.2) is 0 Å². The summed E-state index contributed by atoms with van der Waals surface area (Å²) in [4.78, 5) is 0. The molecule has 7 aromatic carbocycles. The minimum absolute atomic E-state index is 1.02. The largest absolute Gasteiger partial charge is 0.457 e. The van der Waals surface area contributed by atoms with E-state index in [4.69, 9.17) is 4.42 Å². The van der Waals surface area contributed by atoms with Crippen LogP contribution in [-0.2, 0) is 0 Å². The number of hydrogen-bond donors (Lipinski definition) is 0. The van der Waals surface area contributed by atoms with Gasteiger partial charge in [0, 0.05) is 10.8 Å². The fraction of sp³-hybridized carbons (Fsp3) is 0. The van der Waals surface area contributed by atoms with Gasteiger partial charge in [0.1, 0.15) is 137 Å². The average molecular weight is 686 g/mol. The zero-order valence-corrected chi connectivity index (χ0v) is 36.0. The Morgan fingerprint density at radius 2 is 0.491 bits per heavy atom. The van der Waals surface area contributed by atoms with Gasteiger partial charge in [0.25, 0.3) is 0 Å². The fourth-order valence-corrected chi connectivity index (χ4v) is 10.4. The first-order chi connectivity index (χ1) is 26.0. The van der Waals surface area contributed by atoms with Crippen molar-refractivity contribution in [3.8, 4) is 33.4 Å². The van der Waals surface area contributed by atoms with E-state index in [0.717, 1.165) is 11.2 Å². The topological polar surface area (TPSA) is 13.1 Å². The molecule has 0 fully saturated rings. The molecule has 8 aromatic rings. The van der Waals surface area contributed by atoms with Gasteiger partial charge in [-0.1, -0.05) is 97.7 Å². The maximum atomic E-state index is 7.14. The Morgan fingerprint density at radius 1 is 0.236 bits per heavy atom. The van der Waals surface area contributed by atoms with Gasteiger partial charge in [-0.2, -0.15) is 0 Å². The van der Waals surface area contributed by atoms with Gasteiger partial charge in [0.2, 0.25) is 0 Å². The summed E-state index contributed by atoms with van der Waals surface area (Å²) >= 11 is 0. The predicted octanol–water partition coefficient (Wildman–Crippen LogP) is -17.0. The van der Waals surface area contributed by atoms with Gasteiger partial charge in [-0.3, -0.25) is 0 Å². The van der Waals surface area contributed by atoms with Crippen LogP contribution < -0.4 is 87.4 Å². The molecule has 8 rings (SSSR count). The van der Waals surface area contributed by atoms with Crippen LogP contribution in [0.3, 0.4) is 0 Å². The molecule has 1 aromatic heterocycles. The SMILES string of the molecule is Bc1c(B)c(B)c(-c2c(B)c(B)c3c(oc4c(B)c(B)c(-c5c6ccccc6c(-c6c(B)c(B)c(B)c(B)c6B)c6ccccc56)c(B)c43)c2B)c(B)c1B. The Kier molecular flexibility index (Phi) is 9.11. The second-order valence-corrected chi connectivity index (χ2v) is 16.9. The summed E-state index contributed by atoms with van der Waals surface area (Å²) in [5, 5.41) is 7.72. The molecule has 0 saturated heterocycles. The Hall–Kier alpha value is -4.10. The van der Waals surface area contributed by atoms with Gasteiger partial charge in [-0.25, -0.2) is 0 Å². The standard InChI is InChI=1S/C38H40B16O/c39-21-15(13-9-5-1-3-7-11(9)14(12-8-4-2-6-10(12)13)16-23(41)30(48)34(52)31(49)24(16)42)27(45)36(54)38-19(21)20-28(46)22(40)18(29(47)37(20)55-38)17-25(43)32(50)35(53)33(51)26(17)44/h1-8H,39-54H2. The number of hydrogen-bond acceptors (Lipinski definition) is 1. The first-order valence-electron chi connectivity index (χ1n) is 20.1. The molecule has 0 unspecified atom stereocenters. The Balaban J connectivity index is 1.53. The molecule has 0 bridgehead atoms. The molecule has 0 amide bonds. The van der Waals surface area contributed by atoms with E-state index in [9.17, 15) is 0 Å². The smallest absolute Gasteiger partial charge is 0.145 e. The lowest BCUT2D eigenvalue weighted by Crippen LogP contribution is -2.56. The summed E-state index contributed by atoms with van der Waals surface area (Å²) in [6.45, 7) is 0. The molecule has 55 heavy (non-hydrogen) atoms. The van der Waals surface area contributed by atoms with Gasteiger partial charge in [-0.15, -0.1) is 32.8 Å². The average Bonchev–Trinajstić information content (AvgIpc) is 3.60. The molecule has 0 aliphatic carbocycles. The zero-order valence-electron chi connectivity index (χ0n) is 36.0.